The van der Waals surface area contributed by atoms with E-state index >= 15 is 0 Å². The van der Waals surface area contributed by atoms with E-state index in [1.54, 1.807) is 24.3 Å². The lowest BCUT2D eigenvalue weighted by Gasteiger charge is -2.01. The summed E-state index contributed by atoms with van der Waals surface area (Å²) in [5.74, 6) is -0.141. The molecule has 0 radical (unpaired) electrons. The Morgan fingerprint density at radius 1 is 1.38 bits per heavy atom. The van der Waals surface area contributed by atoms with Gasteiger partial charge in [-0.15, -0.1) is 0 Å². The van der Waals surface area contributed by atoms with E-state index in [-0.39, 0.29) is 5.91 Å². The summed E-state index contributed by atoms with van der Waals surface area (Å²) < 4.78 is 0. The number of carbonyl (C=O) groups excluding carboxylic acids is 1. The SMILES string of the molecule is CCCNC(=O)/C=C/c1c(Cl)cccc1Cl. The number of benzene rings is 1. The van der Waals surface area contributed by atoms with Crippen LogP contribution in [0.3, 0.4) is 0 Å². The van der Waals surface area contributed by atoms with Crippen molar-refractivity contribution >= 4 is 35.2 Å². The van der Waals surface area contributed by atoms with Crippen LogP contribution in [0.1, 0.15) is 18.9 Å². The molecule has 1 amide bonds. The van der Waals surface area contributed by atoms with Gasteiger partial charge in [-0.25, -0.2) is 0 Å². The molecule has 0 saturated carbocycles. The molecule has 16 heavy (non-hydrogen) atoms. The van der Waals surface area contributed by atoms with Crippen molar-refractivity contribution < 1.29 is 4.79 Å². The van der Waals surface area contributed by atoms with Crippen molar-refractivity contribution in [2.45, 2.75) is 13.3 Å². The van der Waals surface area contributed by atoms with Gasteiger partial charge in [0.1, 0.15) is 0 Å². The fourth-order valence-corrected chi connectivity index (χ4v) is 1.66. The molecule has 1 rings (SSSR count). The summed E-state index contributed by atoms with van der Waals surface area (Å²) in [6.45, 7) is 2.66. The molecule has 0 aromatic heterocycles. The first kappa shape index (κ1) is 13.1. The van der Waals surface area contributed by atoms with E-state index in [1.165, 1.54) is 6.08 Å². The summed E-state index contributed by atoms with van der Waals surface area (Å²) in [5.41, 5.74) is 0.664. The third-order valence-corrected chi connectivity index (χ3v) is 2.61. The van der Waals surface area contributed by atoms with Gasteiger partial charge in [0.2, 0.25) is 5.91 Å². The van der Waals surface area contributed by atoms with Crippen LogP contribution in [0.25, 0.3) is 6.08 Å². The van der Waals surface area contributed by atoms with Gasteiger partial charge >= 0.3 is 0 Å². The minimum Gasteiger partial charge on any atom is -0.353 e. The molecular weight excluding hydrogens is 245 g/mol. The second kappa shape index (κ2) is 6.56. The second-order valence-corrected chi connectivity index (χ2v) is 4.07. The van der Waals surface area contributed by atoms with Gasteiger partial charge in [0, 0.05) is 28.2 Å². The molecule has 0 aliphatic rings. The number of amides is 1. The normalized spacial score (nSPS) is 10.7. The van der Waals surface area contributed by atoms with Crippen molar-refractivity contribution in [2.24, 2.45) is 0 Å². The molecule has 0 bridgehead atoms. The molecule has 0 saturated heterocycles. The van der Waals surface area contributed by atoms with Crippen LogP contribution in [-0.4, -0.2) is 12.5 Å². The predicted octanol–water partition coefficient (Wildman–Crippen LogP) is 3.53. The fraction of sp³-hybridized carbons (Fsp3) is 0.250. The van der Waals surface area contributed by atoms with E-state index in [9.17, 15) is 4.79 Å². The lowest BCUT2D eigenvalue weighted by molar-refractivity contribution is -0.116. The number of carbonyl (C=O) groups is 1. The van der Waals surface area contributed by atoms with Crippen LogP contribution < -0.4 is 5.32 Å². The van der Waals surface area contributed by atoms with Crippen molar-refractivity contribution in [2.75, 3.05) is 6.54 Å². The van der Waals surface area contributed by atoms with Gasteiger partial charge < -0.3 is 5.32 Å². The zero-order valence-corrected chi connectivity index (χ0v) is 10.5. The Bertz CT molecular complexity index is 382. The highest BCUT2D eigenvalue weighted by Crippen LogP contribution is 2.25. The van der Waals surface area contributed by atoms with E-state index in [0.29, 0.717) is 22.2 Å². The molecule has 1 aromatic carbocycles. The Morgan fingerprint density at radius 2 is 2.00 bits per heavy atom. The van der Waals surface area contributed by atoms with Gasteiger partial charge in [-0.3, -0.25) is 4.79 Å². The Morgan fingerprint density at radius 3 is 2.56 bits per heavy atom. The average Bonchev–Trinajstić information content (AvgIpc) is 2.25. The summed E-state index contributed by atoms with van der Waals surface area (Å²) in [7, 11) is 0. The third kappa shape index (κ3) is 3.87. The first-order valence-corrected chi connectivity index (χ1v) is 5.80. The van der Waals surface area contributed by atoms with Crippen molar-refractivity contribution in [3.05, 3.63) is 39.9 Å². The molecule has 0 unspecified atom stereocenters. The number of halogens is 2. The molecule has 0 fully saturated rings. The Labute approximate surface area is 105 Å². The Kier molecular flexibility index (Phi) is 5.36. The van der Waals surface area contributed by atoms with Gasteiger partial charge in [0.05, 0.1) is 0 Å². The van der Waals surface area contributed by atoms with Crippen LogP contribution in [0.5, 0.6) is 0 Å². The van der Waals surface area contributed by atoms with Crippen LogP contribution in [0.2, 0.25) is 10.0 Å². The highest BCUT2D eigenvalue weighted by Gasteiger charge is 2.01. The Hall–Kier alpha value is -0.990. The van der Waals surface area contributed by atoms with Crippen LogP contribution in [0.15, 0.2) is 24.3 Å². The molecule has 86 valence electrons. The quantitative estimate of drug-likeness (QED) is 0.822. The van der Waals surface area contributed by atoms with Gasteiger partial charge in [0.25, 0.3) is 0 Å². The zero-order chi connectivity index (χ0) is 12.0. The van der Waals surface area contributed by atoms with Gasteiger partial charge in [-0.05, 0) is 24.6 Å². The van der Waals surface area contributed by atoms with Gasteiger partial charge in [-0.1, -0.05) is 36.2 Å². The average molecular weight is 258 g/mol. The smallest absolute Gasteiger partial charge is 0.244 e. The zero-order valence-electron chi connectivity index (χ0n) is 8.97. The topological polar surface area (TPSA) is 29.1 Å². The number of hydrogen-bond donors (Lipinski definition) is 1. The van der Waals surface area contributed by atoms with Crippen LogP contribution in [0, 0.1) is 0 Å². The van der Waals surface area contributed by atoms with Crippen molar-refractivity contribution in [3.8, 4) is 0 Å². The molecule has 0 atom stereocenters. The van der Waals surface area contributed by atoms with E-state index in [1.807, 2.05) is 6.92 Å². The van der Waals surface area contributed by atoms with E-state index in [2.05, 4.69) is 5.32 Å². The third-order valence-electron chi connectivity index (χ3n) is 1.95. The van der Waals surface area contributed by atoms with Crippen LogP contribution in [-0.2, 0) is 4.79 Å². The first-order valence-electron chi connectivity index (χ1n) is 5.05. The van der Waals surface area contributed by atoms with Gasteiger partial charge in [0.15, 0.2) is 0 Å². The second-order valence-electron chi connectivity index (χ2n) is 3.26. The van der Waals surface area contributed by atoms with Crippen molar-refractivity contribution in [1.29, 1.82) is 0 Å². The molecule has 1 aromatic rings. The van der Waals surface area contributed by atoms with E-state index in [0.717, 1.165) is 6.42 Å². The molecule has 0 aliphatic heterocycles. The summed E-state index contributed by atoms with van der Waals surface area (Å²) in [6, 6.07) is 5.23. The summed E-state index contributed by atoms with van der Waals surface area (Å²) in [6.07, 6.45) is 3.96. The number of hydrogen-bond acceptors (Lipinski definition) is 1. The van der Waals surface area contributed by atoms with Crippen LogP contribution in [0.4, 0.5) is 0 Å². The molecule has 0 heterocycles. The lowest BCUT2D eigenvalue weighted by atomic mass is 10.2. The number of rotatable bonds is 4. The summed E-state index contributed by atoms with van der Waals surface area (Å²) >= 11 is 11.9. The minimum atomic E-state index is -0.141. The molecular formula is C12H13Cl2NO. The Balaban J connectivity index is 2.72. The molecule has 0 aliphatic carbocycles. The summed E-state index contributed by atoms with van der Waals surface area (Å²) in [4.78, 5) is 11.3. The first-order chi connectivity index (χ1) is 7.65. The molecule has 2 nitrogen and oxygen atoms in total. The number of nitrogens with one attached hydrogen (secondary N) is 1. The molecule has 4 heteroatoms. The monoisotopic (exact) mass is 257 g/mol. The van der Waals surface area contributed by atoms with Crippen molar-refractivity contribution in [1.82, 2.24) is 5.32 Å². The predicted molar refractivity (Wildman–Crippen MR) is 68.8 cm³/mol. The fourth-order valence-electron chi connectivity index (χ4n) is 1.14. The maximum absolute atomic E-state index is 11.3. The van der Waals surface area contributed by atoms with Crippen LogP contribution >= 0.6 is 23.2 Å². The summed E-state index contributed by atoms with van der Waals surface area (Å²) in [5, 5.41) is 3.80. The van der Waals surface area contributed by atoms with Crippen molar-refractivity contribution in [3.63, 3.8) is 0 Å². The largest absolute Gasteiger partial charge is 0.353 e. The lowest BCUT2D eigenvalue weighted by Crippen LogP contribution is -2.21. The minimum absolute atomic E-state index is 0.141. The van der Waals surface area contributed by atoms with Gasteiger partial charge in [-0.2, -0.15) is 0 Å². The van der Waals surface area contributed by atoms with E-state index in [4.69, 9.17) is 23.2 Å². The molecule has 1 N–H and O–H groups in total. The maximum Gasteiger partial charge on any atom is 0.244 e. The highest BCUT2D eigenvalue weighted by molar-refractivity contribution is 6.37. The standard InChI is InChI=1S/C12H13Cl2NO/c1-2-8-15-12(16)7-6-9-10(13)4-3-5-11(9)14/h3-7H,2,8H2,1H3,(H,15,16)/b7-6+. The highest BCUT2D eigenvalue weighted by atomic mass is 35.5. The van der Waals surface area contributed by atoms with E-state index < -0.39 is 0 Å². The molecule has 0 spiro atoms. The maximum atomic E-state index is 11.3.